The summed E-state index contributed by atoms with van der Waals surface area (Å²) in [6.07, 6.45) is 2.83. The summed E-state index contributed by atoms with van der Waals surface area (Å²) in [4.78, 5) is 26.5. The number of imide groups is 1. The molecular formula is C16H28N2O2. The Labute approximate surface area is 122 Å². The van der Waals surface area contributed by atoms with Crippen LogP contribution in [0.1, 0.15) is 47.0 Å². The smallest absolute Gasteiger partial charge is 0.233 e. The number of nitrogens with one attached hydrogen (secondary N) is 1. The fraction of sp³-hybridized carbons (Fsp3) is 0.875. The number of rotatable bonds is 6. The Hall–Kier alpha value is -0.900. The number of hydrogen-bond acceptors (Lipinski definition) is 3. The quantitative estimate of drug-likeness (QED) is 0.758. The second-order valence-corrected chi connectivity index (χ2v) is 6.63. The lowest BCUT2D eigenvalue weighted by molar-refractivity contribution is -0.141. The van der Waals surface area contributed by atoms with E-state index in [1.165, 1.54) is 0 Å². The maximum absolute atomic E-state index is 12.5. The van der Waals surface area contributed by atoms with E-state index in [1.807, 2.05) is 0 Å². The molecule has 1 saturated heterocycles. The number of carbonyl (C=O) groups excluding carboxylic acids is 2. The third kappa shape index (κ3) is 2.76. The molecule has 20 heavy (non-hydrogen) atoms. The molecule has 1 heterocycles. The van der Waals surface area contributed by atoms with Gasteiger partial charge in [-0.05, 0) is 31.2 Å². The number of likely N-dealkylation sites (tertiary alicyclic amines) is 1. The van der Waals surface area contributed by atoms with E-state index < -0.39 is 0 Å². The molecule has 0 bridgehead atoms. The molecule has 4 nitrogen and oxygen atoms in total. The van der Waals surface area contributed by atoms with E-state index in [9.17, 15) is 9.59 Å². The molecule has 2 rings (SSSR count). The molecule has 2 amide bonds. The Morgan fingerprint density at radius 1 is 1.20 bits per heavy atom. The van der Waals surface area contributed by atoms with E-state index in [1.54, 1.807) is 4.90 Å². The lowest BCUT2D eigenvalue weighted by Gasteiger charge is -2.28. The SMILES string of the molecule is CCNC(CN1C(=O)C2CC(C)CC2C1=O)C(C)CC. The van der Waals surface area contributed by atoms with E-state index in [-0.39, 0.29) is 29.7 Å². The van der Waals surface area contributed by atoms with Crippen LogP contribution in [0.2, 0.25) is 0 Å². The van der Waals surface area contributed by atoms with Gasteiger partial charge in [0.25, 0.3) is 0 Å². The average Bonchev–Trinajstić information content (AvgIpc) is 2.90. The molecule has 4 heteroatoms. The van der Waals surface area contributed by atoms with E-state index in [0.29, 0.717) is 18.4 Å². The molecule has 0 aromatic heterocycles. The predicted octanol–water partition coefficient (Wildman–Crippen LogP) is 2.04. The molecule has 1 aliphatic heterocycles. The zero-order chi connectivity index (χ0) is 14.9. The van der Waals surface area contributed by atoms with Crippen LogP contribution < -0.4 is 5.32 Å². The number of nitrogens with zero attached hydrogens (tertiary/aromatic N) is 1. The molecule has 1 N–H and O–H groups in total. The van der Waals surface area contributed by atoms with Gasteiger partial charge in [-0.1, -0.05) is 34.1 Å². The molecule has 2 aliphatic rings. The summed E-state index contributed by atoms with van der Waals surface area (Å²) in [6.45, 7) is 9.96. The monoisotopic (exact) mass is 280 g/mol. The molecule has 4 atom stereocenters. The third-order valence-electron chi connectivity index (χ3n) is 5.14. The van der Waals surface area contributed by atoms with Crippen LogP contribution in [-0.2, 0) is 9.59 Å². The minimum atomic E-state index is -0.0308. The first kappa shape index (κ1) is 15.5. The van der Waals surface area contributed by atoms with E-state index in [0.717, 1.165) is 25.8 Å². The van der Waals surface area contributed by atoms with Crippen LogP contribution in [0.4, 0.5) is 0 Å². The number of amides is 2. The Morgan fingerprint density at radius 2 is 1.75 bits per heavy atom. The summed E-state index contributed by atoms with van der Waals surface area (Å²) in [6, 6.07) is 0.217. The minimum Gasteiger partial charge on any atom is -0.312 e. The fourth-order valence-corrected chi connectivity index (χ4v) is 3.72. The van der Waals surface area contributed by atoms with Crippen molar-refractivity contribution >= 4 is 11.8 Å². The summed E-state index contributed by atoms with van der Waals surface area (Å²) in [5.41, 5.74) is 0. The van der Waals surface area contributed by atoms with Crippen molar-refractivity contribution in [3.8, 4) is 0 Å². The van der Waals surface area contributed by atoms with Crippen molar-refractivity contribution in [2.24, 2.45) is 23.7 Å². The highest BCUT2D eigenvalue weighted by Crippen LogP contribution is 2.42. The molecule has 0 radical (unpaired) electrons. The largest absolute Gasteiger partial charge is 0.312 e. The molecule has 0 aromatic rings. The number of carbonyl (C=O) groups is 2. The number of fused-ring (bicyclic) bond motifs is 1. The highest BCUT2D eigenvalue weighted by molar-refractivity contribution is 6.05. The maximum atomic E-state index is 12.5. The third-order valence-corrected chi connectivity index (χ3v) is 5.14. The standard InChI is InChI=1S/C16H28N2O2/c1-5-11(4)14(17-6-2)9-18-15(19)12-7-10(3)8-13(12)16(18)20/h10-14,17H,5-9H2,1-4H3. The van der Waals surface area contributed by atoms with Crippen molar-refractivity contribution < 1.29 is 9.59 Å². The Bertz CT molecular complexity index is 359. The van der Waals surface area contributed by atoms with Gasteiger partial charge in [-0.15, -0.1) is 0 Å². The van der Waals surface area contributed by atoms with Crippen molar-refractivity contribution in [2.45, 2.75) is 53.0 Å². The summed E-state index contributed by atoms with van der Waals surface area (Å²) < 4.78 is 0. The van der Waals surface area contributed by atoms with Crippen molar-refractivity contribution in [3.63, 3.8) is 0 Å². The highest BCUT2D eigenvalue weighted by atomic mass is 16.2. The second kappa shape index (κ2) is 6.25. The van der Waals surface area contributed by atoms with Gasteiger partial charge in [0, 0.05) is 12.6 Å². The molecular weight excluding hydrogens is 252 g/mol. The van der Waals surface area contributed by atoms with Gasteiger partial charge in [0.05, 0.1) is 11.8 Å². The first-order valence-electron chi connectivity index (χ1n) is 8.08. The van der Waals surface area contributed by atoms with Crippen LogP contribution >= 0.6 is 0 Å². The zero-order valence-corrected chi connectivity index (χ0v) is 13.2. The number of likely N-dealkylation sites (N-methyl/N-ethyl adjacent to an activating group) is 1. The zero-order valence-electron chi connectivity index (χ0n) is 13.2. The maximum Gasteiger partial charge on any atom is 0.233 e. The van der Waals surface area contributed by atoms with Crippen molar-refractivity contribution in [2.75, 3.05) is 13.1 Å². The molecule has 1 aliphatic carbocycles. The first-order valence-corrected chi connectivity index (χ1v) is 8.08. The second-order valence-electron chi connectivity index (χ2n) is 6.63. The van der Waals surface area contributed by atoms with Gasteiger partial charge in [0.1, 0.15) is 0 Å². The Balaban J connectivity index is 2.06. The lowest BCUT2D eigenvalue weighted by atomic mass is 9.98. The van der Waals surface area contributed by atoms with Gasteiger partial charge in [-0.25, -0.2) is 0 Å². The molecule has 0 aromatic carbocycles. The topological polar surface area (TPSA) is 49.4 Å². The van der Waals surface area contributed by atoms with Gasteiger partial charge >= 0.3 is 0 Å². The average molecular weight is 280 g/mol. The normalized spacial score (nSPS) is 32.6. The summed E-state index contributed by atoms with van der Waals surface area (Å²) in [7, 11) is 0. The molecule has 1 saturated carbocycles. The Kier molecular flexibility index (Phi) is 4.84. The predicted molar refractivity (Wildman–Crippen MR) is 79.0 cm³/mol. The van der Waals surface area contributed by atoms with Crippen LogP contribution in [-0.4, -0.2) is 35.8 Å². The van der Waals surface area contributed by atoms with E-state index in [4.69, 9.17) is 0 Å². The first-order chi connectivity index (χ1) is 9.49. The molecule has 4 unspecified atom stereocenters. The fourth-order valence-electron chi connectivity index (χ4n) is 3.72. The Morgan fingerprint density at radius 3 is 2.20 bits per heavy atom. The van der Waals surface area contributed by atoms with Crippen LogP contribution in [0.25, 0.3) is 0 Å². The van der Waals surface area contributed by atoms with E-state index >= 15 is 0 Å². The van der Waals surface area contributed by atoms with Gasteiger partial charge in [-0.2, -0.15) is 0 Å². The molecule has 2 fully saturated rings. The van der Waals surface area contributed by atoms with Crippen LogP contribution in [0, 0.1) is 23.7 Å². The van der Waals surface area contributed by atoms with Gasteiger partial charge < -0.3 is 5.32 Å². The van der Waals surface area contributed by atoms with Crippen molar-refractivity contribution in [1.82, 2.24) is 10.2 Å². The summed E-state index contributed by atoms with van der Waals surface area (Å²) in [5.74, 6) is 1.08. The van der Waals surface area contributed by atoms with Gasteiger partial charge in [-0.3, -0.25) is 14.5 Å². The highest BCUT2D eigenvalue weighted by Gasteiger charge is 2.51. The van der Waals surface area contributed by atoms with Crippen molar-refractivity contribution in [3.05, 3.63) is 0 Å². The summed E-state index contributed by atoms with van der Waals surface area (Å²) >= 11 is 0. The molecule has 0 spiro atoms. The molecule has 114 valence electrons. The summed E-state index contributed by atoms with van der Waals surface area (Å²) in [5, 5.41) is 3.43. The number of hydrogen-bond donors (Lipinski definition) is 1. The van der Waals surface area contributed by atoms with Crippen LogP contribution in [0.15, 0.2) is 0 Å². The van der Waals surface area contributed by atoms with Crippen LogP contribution in [0.3, 0.4) is 0 Å². The van der Waals surface area contributed by atoms with Gasteiger partial charge in [0.15, 0.2) is 0 Å². The lowest BCUT2D eigenvalue weighted by Crippen LogP contribution is -2.47. The van der Waals surface area contributed by atoms with Gasteiger partial charge in [0.2, 0.25) is 11.8 Å². The minimum absolute atomic E-state index is 0.0308. The van der Waals surface area contributed by atoms with Crippen LogP contribution in [0.5, 0.6) is 0 Å². The van der Waals surface area contributed by atoms with E-state index in [2.05, 4.69) is 33.0 Å². The van der Waals surface area contributed by atoms with Crippen molar-refractivity contribution in [1.29, 1.82) is 0 Å².